The van der Waals surface area contributed by atoms with Crippen molar-refractivity contribution < 1.29 is 4.79 Å². The number of aromatic amines is 1. The molecular formula is C22H24N2O. The van der Waals surface area contributed by atoms with Crippen LogP contribution in [0.3, 0.4) is 0 Å². The highest BCUT2D eigenvalue weighted by molar-refractivity contribution is 5.94. The van der Waals surface area contributed by atoms with Crippen LogP contribution in [0, 0.1) is 13.8 Å². The van der Waals surface area contributed by atoms with E-state index in [2.05, 4.69) is 49.2 Å². The minimum Gasteiger partial charge on any atom is -0.358 e. The van der Waals surface area contributed by atoms with Gasteiger partial charge in [0.05, 0.1) is 0 Å². The van der Waals surface area contributed by atoms with Crippen LogP contribution in [-0.2, 0) is 0 Å². The van der Waals surface area contributed by atoms with Gasteiger partial charge < -0.3 is 9.88 Å². The molecule has 1 N–H and O–H groups in total. The van der Waals surface area contributed by atoms with Crippen LogP contribution in [0.15, 0.2) is 48.5 Å². The number of likely N-dealkylation sites (tertiary alicyclic amines) is 1. The number of nitrogens with zero attached hydrogens (tertiary/aromatic N) is 1. The molecule has 3 aromatic rings. The van der Waals surface area contributed by atoms with Crippen molar-refractivity contribution in [3.63, 3.8) is 0 Å². The Bertz CT molecular complexity index is 892. The standard InChI is InChI=1S/C22H24N2O/c1-15-9-10-18(12-16(15)2)22(25)24-11-5-7-19(14-24)21-13-17-6-3-4-8-20(17)23-21/h3-4,6,8-10,12-13,19,23H,5,7,11,14H2,1-2H3. The summed E-state index contributed by atoms with van der Waals surface area (Å²) in [6.07, 6.45) is 2.18. The number of H-pyrrole nitrogens is 1. The molecule has 1 aliphatic heterocycles. The first-order chi connectivity index (χ1) is 12.1. The Hall–Kier alpha value is -2.55. The Morgan fingerprint density at radius 1 is 1.08 bits per heavy atom. The van der Waals surface area contributed by atoms with E-state index in [1.165, 1.54) is 27.7 Å². The minimum atomic E-state index is 0.156. The number of nitrogens with one attached hydrogen (secondary N) is 1. The van der Waals surface area contributed by atoms with Crippen LogP contribution in [0.2, 0.25) is 0 Å². The van der Waals surface area contributed by atoms with Crippen LogP contribution in [0.4, 0.5) is 0 Å². The fraction of sp³-hybridized carbons (Fsp3) is 0.318. The number of rotatable bonds is 2. The van der Waals surface area contributed by atoms with Gasteiger partial charge in [-0.05, 0) is 67.5 Å². The smallest absolute Gasteiger partial charge is 0.253 e. The molecule has 1 aromatic heterocycles. The van der Waals surface area contributed by atoms with Crippen LogP contribution in [0.5, 0.6) is 0 Å². The number of hydrogen-bond donors (Lipinski definition) is 1. The third-order valence-electron chi connectivity index (χ3n) is 5.45. The molecule has 1 aliphatic rings. The summed E-state index contributed by atoms with van der Waals surface area (Å²) in [5.74, 6) is 0.542. The van der Waals surface area contributed by atoms with Crippen LogP contribution in [0.1, 0.15) is 45.9 Å². The maximum atomic E-state index is 12.9. The first-order valence-corrected chi connectivity index (χ1v) is 9.06. The fourth-order valence-electron chi connectivity index (χ4n) is 3.79. The maximum absolute atomic E-state index is 12.9. The molecule has 0 aliphatic carbocycles. The second-order valence-corrected chi connectivity index (χ2v) is 7.20. The molecule has 2 heterocycles. The third kappa shape index (κ3) is 3.07. The van der Waals surface area contributed by atoms with E-state index in [4.69, 9.17) is 0 Å². The molecule has 1 unspecified atom stereocenters. The Morgan fingerprint density at radius 2 is 1.92 bits per heavy atom. The molecule has 0 bridgehead atoms. The molecule has 2 aromatic carbocycles. The average Bonchev–Trinajstić information content (AvgIpc) is 3.08. The van der Waals surface area contributed by atoms with Gasteiger partial charge in [0, 0.05) is 35.8 Å². The van der Waals surface area contributed by atoms with E-state index in [9.17, 15) is 4.79 Å². The minimum absolute atomic E-state index is 0.156. The second-order valence-electron chi connectivity index (χ2n) is 7.20. The SMILES string of the molecule is Cc1ccc(C(=O)N2CCCC(c3cc4ccccc4[nH]3)C2)cc1C. The van der Waals surface area contributed by atoms with Gasteiger partial charge in [0.1, 0.15) is 0 Å². The van der Waals surface area contributed by atoms with E-state index in [-0.39, 0.29) is 5.91 Å². The Labute approximate surface area is 148 Å². The largest absolute Gasteiger partial charge is 0.358 e. The maximum Gasteiger partial charge on any atom is 0.253 e. The summed E-state index contributed by atoms with van der Waals surface area (Å²) in [6, 6.07) is 16.6. The molecule has 0 saturated carbocycles. The number of para-hydroxylation sites is 1. The number of carbonyl (C=O) groups excluding carboxylic acids is 1. The van der Waals surface area contributed by atoms with Gasteiger partial charge in [0.15, 0.2) is 0 Å². The lowest BCUT2D eigenvalue weighted by Gasteiger charge is -2.32. The van der Waals surface area contributed by atoms with E-state index in [0.29, 0.717) is 5.92 Å². The van der Waals surface area contributed by atoms with Gasteiger partial charge in [-0.2, -0.15) is 0 Å². The fourth-order valence-corrected chi connectivity index (χ4v) is 3.79. The van der Waals surface area contributed by atoms with E-state index in [0.717, 1.165) is 31.5 Å². The topological polar surface area (TPSA) is 36.1 Å². The van der Waals surface area contributed by atoms with Gasteiger partial charge in [-0.15, -0.1) is 0 Å². The summed E-state index contributed by atoms with van der Waals surface area (Å²) in [5, 5.41) is 1.25. The van der Waals surface area contributed by atoms with Crippen molar-refractivity contribution in [1.29, 1.82) is 0 Å². The number of aryl methyl sites for hydroxylation is 2. The average molecular weight is 332 g/mol. The predicted octanol–water partition coefficient (Wildman–Crippen LogP) is 4.80. The summed E-state index contributed by atoms with van der Waals surface area (Å²) in [5.41, 5.74) is 5.63. The summed E-state index contributed by atoms with van der Waals surface area (Å²) in [6.45, 7) is 5.78. The lowest BCUT2D eigenvalue weighted by Crippen LogP contribution is -2.39. The highest BCUT2D eigenvalue weighted by atomic mass is 16.2. The van der Waals surface area contributed by atoms with Crippen LogP contribution < -0.4 is 0 Å². The normalized spacial score (nSPS) is 17.8. The van der Waals surface area contributed by atoms with Crippen molar-refractivity contribution in [2.24, 2.45) is 0 Å². The molecule has 3 nitrogen and oxygen atoms in total. The summed E-state index contributed by atoms with van der Waals surface area (Å²) < 4.78 is 0. The molecule has 0 radical (unpaired) electrons. The molecule has 128 valence electrons. The Balaban J connectivity index is 1.55. The number of piperidine rings is 1. The van der Waals surface area contributed by atoms with Crippen LogP contribution in [0.25, 0.3) is 10.9 Å². The summed E-state index contributed by atoms with van der Waals surface area (Å²) in [4.78, 5) is 18.5. The monoisotopic (exact) mass is 332 g/mol. The molecule has 0 spiro atoms. The van der Waals surface area contributed by atoms with Crippen molar-refractivity contribution >= 4 is 16.8 Å². The first kappa shape index (κ1) is 15.9. The quantitative estimate of drug-likeness (QED) is 0.718. The number of amides is 1. The van der Waals surface area contributed by atoms with Gasteiger partial charge in [-0.25, -0.2) is 0 Å². The molecule has 4 rings (SSSR count). The number of hydrogen-bond acceptors (Lipinski definition) is 1. The number of benzene rings is 2. The van der Waals surface area contributed by atoms with E-state index < -0.39 is 0 Å². The van der Waals surface area contributed by atoms with Crippen LogP contribution >= 0.6 is 0 Å². The molecule has 1 atom stereocenters. The van der Waals surface area contributed by atoms with Crippen molar-refractivity contribution in [2.45, 2.75) is 32.6 Å². The molecule has 3 heteroatoms. The van der Waals surface area contributed by atoms with Gasteiger partial charge in [-0.3, -0.25) is 4.79 Å². The second kappa shape index (κ2) is 6.40. The first-order valence-electron chi connectivity index (χ1n) is 9.06. The van der Waals surface area contributed by atoms with E-state index >= 15 is 0 Å². The van der Waals surface area contributed by atoms with Crippen molar-refractivity contribution in [1.82, 2.24) is 9.88 Å². The van der Waals surface area contributed by atoms with Crippen molar-refractivity contribution in [3.8, 4) is 0 Å². The van der Waals surface area contributed by atoms with Gasteiger partial charge in [-0.1, -0.05) is 24.3 Å². The van der Waals surface area contributed by atoms with Crippen LogP contribution in [-0.4, -0.2) is 28.9 Å². The molecule has 25 heavy (non-hydrogen) atoms. The van der Waals surface area contributed by atoms with Crippen molar-refractivity contribution in [2.75, 3.05) is 13.1 Å². The number of aromatic nitrogens is 1. The zero-order valence-electron chi connectivity index (χ0n) is 14.9. The Kier molecular flexibility index (Phi) is 4.08. The summed E-state index contributed by atoms with van der Waals surface area (Å²) in [7, 11) is 0. The summed E-state index contributed by atoms with van der Waals surface area (Å²) >= 11 is 0. The highest BCUT2D eigenvalue weighted by Crippen LogP contribution is 2.29. The molecular weight excluding hydrogens is 308 g/mol. The molecule has 1 fully saturated rings. The molecule has 1 saturated heterocycles. The third-order valence-corrected chi connectivity index (χ3v) is 5.45. The zero-order chi connectivity index (χ0) is 17.4. The van der Waals surface area contributed by atoms with Crippen molar-refractivity contribution in [3.05, 3.63) is 70.9 Å². The number of fused-ring (bicyclic) bond motifs is 1. The van der Waals surface area contributed by atoms with Gasteiger partial charge >= 0.3 is 0 Å². The lowest BCUT2D eigenvalue weighted by atomic mass is 9.94. The predicted molar refractivity (Wildman–Crippen MR) is 102 cm³/mol. The van der Waals surface area contributed by atoms with E-state index in [1.807, 2.05) is 23.1 Å². The zero-order valence-corrected chi connectivity index (χ0v) is 14.9. The molecule has 1 amide bonds. The van der Waals surface area contributed by atoms with Gasteiger partial charge in [0.25, 0.3) is 5.91 Å². The van der Waals surface area contributed by atoms with Gasteiger partial charge in [0.2, 0.25) is 0 Å². The van der Waals surface area contributed by atoms with E-state index in [1.54, 1.807) is 0 Å². The number of carbonyl (C=O) groups is 1. The highest BCUT2D eigenvalue weighted by Gasteiger charge is 2.26. The lowest BCUT2D eigenvalue weighted by molar-refractivity contribution is 0.0706. The Morgan fingerprint density at radius 3 is 2.72 bits per heavy atom.